The number of nitriles is 1. The number of methoxy groups -OCH3 is 1. The smallest absolute Gasteiger partial charge is 0.262 e. The zero-order valence-electron chi connectivity index (χ0n) is 12.3. The Labute approximate surface area is 129 Å². The topological polar surface area (TPSA) is 62.1 Å². The van der Waals surface area contributed by atoms with Gasteiger partial charge in [0.1, 0.15) is 17.4 Å². The van der Waals surface area contributed by atoms with Crippen molar-refractivity contribution in [2.24, 2.45) is 0 Å². The van der Waals surface area contributed by atoms with Crippen LogP contribution in [0.5, 0.6) is 5.75 Å². The van der Waals surface area contributed by atoms with Crippen LogP contribution in [-0.4, -0.2) is 19.1 Å². The van der Waals surface area contributed by atoms with Crippen LogP contribution in [0, 0.1) is 11.3 Å². The maximum Gasteiger partial charge on any atom is 0.262 e. The Balaban J connectivity index is 2.08. The Bertz CT molecular complexity index is 798. The van der Waals surface area contributed by atoms with Crippen molar-refractivity contribution in [2.75, 3.05) is 7.11 Å². The minimum absolute atomic E-state index is 0.0987. The standard InChI is InChI=1S/C18H16N2O2/c1-22-17-9-6-12-4-2-3-5-15(12)16(17)10-13(11-19)18(21)20-14-7-8-14/h2-6,9-10,14H,7-8H2,1H3,(H,20,21)/b13-10+. The van der Waals surface area contributed by atoms with Crippen LogP contribution in [0.2, 0.25) is 0 Å². The van der Waals surface area contributed by atoms with Crippen molar-refractivity contribution in [1.29, 1.82) is 5.26 Å². The van der Waals surface area contributed by atoms with E-state index in [1.807, 2.05) is 42.5 Å². The van der Waals surface area contributed by atoms with Gasteiger partial charge in [-0.2, -0.15) is 5.26 Å². The summed E-state index contributed by atoms with van der Waals surface area (Å²) in [7, 11) is 1.58. The lowest BCUT2D eigenvalue weighted by Gasteiger charge is -2.09. The van der Waals surface area contributed by atoms with Gasteiger partial charge in [-0.15, -0.1) is 0 Å². The molecule has 1 amide bonds. The van der Waals surface area contributed by atoms with Crippen LogP contribution in [0.1, 0.15) is 18.4 Å². The second-order valence-electron chi connectivity index (χ2n) is 5.32. The number of hydrogen-bond acceptors (Lipinski definition) is 3. The van der Waals surface area contributed by atoms with E-state index in [0.717, 1.165) is 29.2 Å². The van der Waals surface area contributed by atoms with E-state index in [1.54, 1.807) is 13.2 Å². The zero-order chi connectivity index (χ0) is 15.5. The van der Waals surface area contributed by atoms with Crippen molar-refractivity contribution in [3.05, 3.63) is 47.5 Å². The predicted octanol–water partition coefficient (Wildman–Crippen LogP) is 3.03. The number of carbonyl (C=O) groups is 1. The molecule has 0 aliphatic heterocycles. The molecular weight excluding hydrogens is 276 g/mol. The SMILES string of the molecule is COc1ccc2ccccc2c1/C=C(\C#N)C(=O)NC1CC1. The highest BCUT2D eigenvalue weighted by molar-refractivity contribution is 6.05. The van der Waals surface area contributed by atoms with Crippen molar-refractivity contribution in [2.45, 2.75) is 18.9 Å². The third-order valence-electron chi connectivity index (χ3n) is 3.72. The second-order valence-corrected chi connectivity index (χ2v) is 5.32. The third kappa shape index (κ3) is 2.79. The highest BCUT2D eigenvalue weighted by Crippen LogP contribution is 2.30. The van der Waals surface area contributed by atoms with E-state index in [0.29, 0.717) is 5.75 Å². The molecule has 0 saturated heterocycles. The van der Waals surface area contributed by atoms with Crippen molar-refractivity contribution in [1.82, 2.24) is 5.32 Å². The van der Waals surface area contributed by atoms with E-state index in [2.05, 4.69) is 5.32 Å². The van der Waals surface area contributed by atoms with E-state index in [-0.39, 0.29) is 17.5 Å². The summed E-state index contributed by atoms with van der Waals surface area (Å²) in [4.78, 5) is 12.1. The molecular formula is C18H16N2O2. The molecule has 0 unspecified atom stereocenters. The van der Waals surface area contributed by atoms with Gasteiger partial charge in [0.15, 0.2) is 0 Å². The number of ether oxygens (including phenoxy) is 1. The molecule has 0 spiro atoms. The molecule has 1 N–H and O–H groups in total. The second kappa shape index (κ2) is 5.90. The minimum atomic E-state index is -0.319. The Morgan fingerprint density at radius 2 is 2.09 bits per heavy atom. The van der Waals surface area contributed by atoms with Gasteiger partial charge in [-0.05, 0) is 35.8 Å². The molecule has 1 aliphatic rings. The number of hydrogen-bond donors (Lipinski definition) is 1. The van der Waals surface area contributed by atoms with Crippen molar-refractivity contribution in [3.63, 3.8) is 0 Å². The van der Waals surface area contributed by atoms with E-state index in [9.17, 15) is 10.1 Å². The molecule has 2 aromatic carbocycles. The largest absolute Gasteiger partial charge is 0.496 e. The normalized spacial score (nSPS) is 14.5. The Morgan fingerprint density at radius 3 is 2.77 bits per heavy atom. The Kier molecular flexibility index (Phi) is 3.80. The van der Waals surface area contributed by atoms with Crippen LogP contribution >= 0.6 is 0 Å². The van der Waals surface area contributed by atoms with Gasteiger partial charge in [-0.3, -0.25) is 4.79 Å². The monoisotopic (exact) mass is 292 g/mol. The number of nitrogens with zero attached hydrogens (tertiary/aromatic N) is 1. The molecule has 22 heavy (non-hydrogen) atoms. The average Bonchev–Trinajstić information content (AvgIpc) is 3.36. The average molecular weight is 292 g/mol. The molecule has 0 atom stereocenters. The Hall–Kier alpha value is -2.80. The molecule has 4 heteroatoms. The molecule has 1 saturated carbocycles. The highest BCUT2D eigenvalue weighted by Gasteiger charge is 2.25. The van der Waals surface area contributed by atoms with Gasteiger partial charge in [-0.1, -0.05) is 30.3 Å². The van der Waals surface area contributed by atoms with E-state index in [1.165, 1.54) is 0 Å². The van der Waals surface area contributed by atoms with Gasteiger partial charge < -0.3 is 10.1 Å². The quantitative estimate of drug-likeness (QED) is 0.696. The Morgan fingerprint density at radius 1 is 1.32 bits per heavy atom. The molecule has 0 heterocycles. The molecule has 3 rings (SSSR count). The van der Waals surface area contributed by atoms with Gasteiger partial charge in [0, 0.05) is 11.6 Å². The summed E-state index contributed by atoms with van der Waals surface area (Å²) in [6, 6.07) is 13.8. The molecule has 0 radical (unpaired) electrons. The third-order valence-corrected chi connectivity index (χ3v) is 3.72. The zero-order valence-corrected chi connectivity index (χ0v) is 12.3. The maximum atomic E-state index is 12.1. The lowest BCUT2D eigenvalue weighted by Crippen LogP contribution is -2.26. The van der Waals surface area contributed by atoms with Crippen LogP contribution in [0.25, 0.3) is 16.8 Å². The van der Waals surface area contributed by atoms with Crippen LogP contribution in [0.15, 0.2) is 42.0 Å². The first-order valence-electron chi connectivity index (χ1n) is 7.21. The van der Waals surface area contributed by atoms with Crippen LogP contribution in [0.4, 0.5) is 0 Å². The van der Waals surface area contributed by atoms with Gasteiger partial charge in [-0.25, -0.2) is 0 Å². The summed E-state index contributed by atoms with van der Waals surface area (Å²) in [5.41, 5.74) is 0.852. The molecule has 0 aromatic heterocycles. The molecule has 4 nitrogen and oxygen atoms in total. The van der Waals surface area contributed by atoms with E-state index < -0.39 is 0 Å². The summed E-state index contributed by atoms with van der Waals surface area (Å²) in [6.45, 7) is 0. The van der Waals surface area contributed by atoms with Crippen LogP contribution in [-0.2, 0) is 4.79 Å². The molecule has 1 aliphatic carbocycles. The fourth-order valence-corrected chi connectivity index (χ4v) is 2.39. The van der Waals surface area contributed by atoms with Gasteiger partial charge in [0.2, 0.25) is 0 Å². The lowest BCUT2D eigenvalue weighted by molar-refractivity contribution is -0.117. The molecule has 0 bridgehead atoms. The number of fused-ring (bicyclic) bond motifs is 1. The molecule has 1 fully saturated rings. The van der Waals surface area contributed by atoms with Crippen molar-refractivity contribution >= 4 is 22.8 Å². The summed E-state index contributed by atoms with van der Waals surface area (Å²) in [5, 5.41) is 14.1. The van der Waals surface area contributed by atoms with Crippen molar-refractivity contribution in [3.8, 4) is 11.8 Å². The fourth-order valence-electron chi connectivity index (χ4n) is 2.39. The first-order valence-corrected chi connectivity index (χ1v) is 7.21. The van der Waals surface area contributed by atoms with E-state index >= 15 is 0 Å². The van der Waals surface area contributed by atoms with Crippen molar-refractivity contribution < 1.29 is 9.53 Å². The minimum Gasteiger partial charge on any atom is -0.496 e. The fraction of sp³-hybridized carbons (Fsp3) is 0.222. The van der Waals surface area contributed by atoms with Crippen LogP contribution < -0.4 is 10.1 Å². The summed E-state index contributed by atoms with van der Waals surface area (Å²) in [5.74, 6) is 0.325. The number of amides is 1. The molecule has 2 aromatic rings. The number of benzene rings is 2. The maximum absolute atomic E-state index is 12.1. The van der Waals surface area contributed by atoms with Crippen LogP contribution in [0.3, 0.4) is 0 Å². The number of rotatable bonds is 4. The number of carbonyl (C=O) groups excluding carboxylic acids is 1. The molecule has 110 valence electrons. The van der Waals surface area contributed by atoms with Gasteiger partial charge >= 0.3 is 0 Å². The highest BCUT2D eigenvalue weighted by atomic mass is 16.5. The summed E-state index contributed by atoms with van der Waals surface area (Å²) >= 11 is 0. The predicted molar refractivity (Wildman–Crippen MR) is 85.3 cm³/mol. The lowest BCUT2D eigenvalue weighted by atomic mass is 10.0. The van der Waals surface area contributed by atoms with E-state index in [4.69, 9.17) is 4.74 Å². The number of nitrogens with one attached hydrogen (secondary N) is 1. The first-order chi connectivity index (χ1) is 10.7. The van der Waals surface area contributed by atoms with Gasteiger partial charge in [0.25, 0.3) is 5.91 Å². The summed E-state index contributed by atoms with van der Waals surface area (Å²) < 4.78 is 5.39. The van der Waals surface area contributed by atoms with Gasteiger partial charge in [0.05, 0.1) is 7.11 Å². The first kappa shape index (κ1) is 14.2. The summed E-state index contributed by atoms with van der Waals surface area (Å²) in [6.07, 6.45) is 3.59.